The number of aromatic nitrogens is 2. The van der Waals surface area contributed by atoms with Crippen LogP contribution >= 0.6 is 0 Å². The van der Waals surface area contributed by atoms with Crippen LogP contribution < -0.4 is 10.1 Å². The number of aryl methyl sites for hydroxylation is 3. The summed E-state index contributed by atoms with van der Waals surface area (Å²) in [5.41, 5.74) is 5.62. The number of ether oxygens (including phenoxy) is 1. The number of carbonyl (C=O) groups excluding carboxylic acids is 1. The summed E-state index contributed by atoms with van der Waals surface area (Å²) in [4.78, 5) is 16.9. The van der Waals surface area contributed by atoms with E-state index in [-0.39, 0.29) is 5.91 Å². The van der Waals surface area contributed by atoms with Crippen molar-refractivity contribution in [3.63, 3.8) is 0 Å². The molecule has 36 heavy (non-hydrogen) atoms. The van der Waals surface area contributed by atoms with Crippen LogP contribution in [0.2, 0.25) is 0 Å². The van der Waals surface area contributed by atoms with Gasteiger partial charge in [0.25, 0.3) is 0 Å². The predicted molar refractivity (Wildman–Crippen MR) is 147 cm³/mol. The molecule has 0 bridgehead atoms. The Kier molecular flexibility index (Phi) is 8.92. The molecule has 0 atom stereocenters. The lowest BCUT2D eigenvalue weighted by molar-refractivity contribution is -0.116. The summed E-state index contributed by atoms with van der Waals surface area (Å²) >= 11 is 0. The van der Waals surface area contributed by atoms with Gasteiger partial charge in [-0.25, -0.2) is 4.98 Å². The molecule has 0 fully saturated rings. The molecule has 4 rings (SSSR count). The number of imidazole rings is 1. The quantitative estimate of drug-likeness (QED) is 0.192. The number of benzene rings is 3. The van der Waals surface area contributed by atoms with Gasteiger partial charge < -0.3 is 14.6 Å². The van der Waals surface area contributed by atoms with Crippen molar-refractivity contribution in [3.8, 4) is 5.75 Å². The molecule has 0 radical (unpaired) electrons. The minimum Gasteiger partial charge on any atom is -0.492 e. The number of amides is 1. The van der Waals surface area contributed by atoms with Gasteiger partial charge in [-0.15, -0.1) is 0 Å². The fraction of sp³-hybridized carbons (Fsp3) is 0.290. The minimum atomic E-state index is -0.0514. The van der Waals surface area contributed by atoms with E-state index < -0.39 is 0 Å². The zero-order chi connectivity index (χ0) is 25.2. The Balaban J connectivity index is 1.24. The van der Waals surface area contributed by atoms with Gasteiger partial charge in [-0.1, -0.05) is 55.0 Å². The predicted octanol–water partition coefficient (Wildman–Crippen LogP) is 6.27. The summed E-state index contributed by atoms with van der Waals surface area (Å²) < 4.78 is 8.36. The largest absolute Gasteiger partial charge is 0.492 e. The molecular weight excluding hydrogens is 446 g/mol. The fourth-order valence-corrected chi connectivity index (χ4v) is 4.43. The molecular formula is C31H35N3O2. The Morgan fingerprint density at radius 1 is 0.944 bits per heavy atom. The molecule has 1 N–H and O–H groups in total. The maximum absolute atomic E-state index is 12.0. The average Bonchev–Trinajstić information content (AvgIpc) is 3.22. The first kappa shape index (κ1) is 25.2. The van der Waals surface area contributed by atoms with Gasteiger partial charge in [0, 0.05) is 19.0 Å². The van der Waals surface area contributed by atoms with Crippen LogP contribution in [-0.4, -0.2) is 28.6 Å². The van der Waals surface area contributed by atoms with Gasteiger partial charge in [0.05, 0.1) is 17.6 Å². The van der Waals surface area contributed by atoms with Crippen molar-refractivity contribution < 1.29 is 9.53 Å². The zero-order valence-corrected chi connectivity index (χ0v) is 21.2. The molecule has 0 aliphatic carbocycles. The maximum Gasteiger partial charge on any atom is 0.243 e. The Morgan fingerprint density at radius 2 is 1.69 bits per heavy atom. The van der Waals surface area contributed by atoms with E-state index in [0.717, 1.165) is 60.4 Å². The molecule has 186 valence electrons. The highest BCUT2D eigenvalue weighted by atomic mass is 16.5. The van der Waals surface area contributed by atoms with E-state index in [2.05, 4.69) is 60.1 Å². The first-order valence-electron chi connectivity index (χ1n) is 12.7. The first-order chi connectivity index (χ1) is 17.6. The van der Waals surface area contributed by atoms with Gasteiger partial charge in [0.1, 0.15) is 18.2 Å². The monoisotopic (exact) mass is 481 g/mol. The van der Waals surface area contributed by atoms with Crippen LogP contribution in [0, 0.1) is 13.8 Å². The lowest BCUT2D eigenvalue weighted by atomic mass is 10.1. The standard InChI is InChI=1S/C31H35N3O2/c1-24-21-25(2)23-27(22-24)36-20-19-34-29-14-9-8-13-28(29)33-30(34)15-7-4-10-18-32-31(35)17-16-26-11-5-3-6-12-26/h3,5-6,8-9,11-14,16-17,21-23H,4,7,10,15,18-20H2,1-2H3,(H,32,35)/b17-16+. The number of nitrogens with zero attached hydrogens (tertiary/aromatic N) is 2. The third-order valence-corrected chi connectivity index (χ3v) is 6.12. The van der Waals surface area contributed by atoms with Crippen molar-refractivity contribution in [2.75, 3.05) is 13.2 Å². The second-order valence-electron chi connectivity index (χ2n) is 9.19. The molecule has 1 heterocycles. The van der Waals surface area contributed by atoms with Crippen molar-refractivity contribution in [2.24, 2.45) is 0 Å². The van der Waals surface area contributed by atoms with Crippen molar-refractivity contribution in [1.29, 1.82) is 0 Å². The molecule has 3 aromatic carbocycles. The summed E-state index contributed by atoms with van der Waals surface area (Å²) in [6.07, 6.45) is 7.34. The Labute approximate surface area is 213 Å². The summed E-state index contributed by atoms with van der Waals surface area (Å²) in [6, 6.07) is 24.4. The summed E-state index contributed by atoms with van der Waals surface area (Å²) in [7, 11) is 0. The number of nitrogens with one attached hydrogen (secondary N) is 1. The van der Waals surface area contributed by atoms with E-state index in [9.17, 15) is 4.79 Å². The molecule has 4 aromatic rings. The smallest absolute Gasteiger partial charge is 0.243 e. The number of para-hydroxylation sites is 2. The maximum atomic E-state index is 12.0. The molecule has 0 aliphatic rings. The van der Waals surface area contributed by atoms with E-state index in [1.165, 1.54) is 11.1 Å². The molecule has 5 heteroatoms. The third kappa shape index (κ3) is 7.32. The molecule has 0 spiro atoms. The van der Waals surface area contributed by atoms with Crippen LogP contribution in [-0.2, 0) is 17.8 Å². The summed E-state index contributed by atoms with van der Waals surface area (Å²) in [5, 5.41) is 2.97. The zero-order valence-electron chi connectivity index (χ0n) is 21.2. The number of carbonyl (C=O) groups is 1. The van der Waals surface area contributed by atoms with Crippen LogP contribution in [0.3, 0.4) is 0 Å². The normalized spacial score (nSPS) is 11.3. The van der Waals surface area contributed by atoms with Crippen LogP contribution in [0.25, 0.3) is 17.1 Å². The number of hydrogen-bond donors (Lipinski definition) is 1. The molecule has 0 unspecified atom stereocenters. The number of fused-ring (bicyclic) bond motifs is 1. The number of unbranched alkanes of at least 4 members (excludes halogenated alkanes) is 2. The fourth-order valence-electron chi connectivity index (χ4n) is 4.43. The van der Waals surface area contributed by atoms with E-state index in [1.54, 1.807) is 6.08 Å². The second-order valence-corrected chi connectivity index (χ2v) is 9.19. The highest BCUT2D eigenvalue weighted by Gasteiger charge is 2.10. The molecule has 1 amide bonds. The van der Waals surface area contributed by atoms with E-state index >= 15 is 0 Å². The Hall–Kier alpha value is -3.86. The van der Waals surface area contributed by atoms with Gasteiger partial charge in [0.2, 0.25) is 5.91 Å². The van der Waals surface area contributed by atoms with Gasteiger partial charge in [-0.2, -0.15) is 0 Å². The molecule has 0 aliphatic heterocycles. The summed E-state index contributed by atoms with van der Waals surface area (Å²) in [5.74, 6) is 1.96. The lowest BCUT2D eigenvalue weighted by Gasteiger charge is -2.12. The summed E-state index contributed by atoms with van der Waals surface area (Å²) in [6.45, 7) is 6.21. The Morgan fingerprint density at radius 3 is 2.50 bits per heavy atom. The van der Waals surface area contributed by atoms with Crippen LogP contribution in [0.4, 0.5) is 0 Å². The average molecular weight is 482 g/mol. The van der Waals surface area contributed by atoms with Gasteiger partial charge in [-0.05, 0) is 73.7 Å². The number of hydrogen-bond acceptors (Lipinski definition) is 3. The minimum absolute atomic E-state index is 0.0514. The van der Waals surface area contributed by atoms with Crippen LogP contribution in [0.15, 0.2) is 78.9 Å². The van der Waals surface area contributed by atoms with Gasteiger partial charge >= 0.3 is 0 Å². The van der Waals surface area contributed by atoms with Crippen molar-refractivity contribution >= 4 is 23.0 Å². The van der Waals surface area contributed by atoms with E-state index in [1.807, 2.05) is 42.5 Å². The topological polar surface area (TPSA) is 56.1 Å². The highest BCUT2D eigenvalue weighted by Crippen LogP contribution is 2.19. The first-order valence-corrected chi connectivity index (χ1v) is 12.7. The third-order valence-electron chi connectivity index (χ3n) is 6.12. The lowest BCUT2D eigenvalue weighted by Crippen LogP contribution is -2.22. The van der Waals surface area contributed by atoms with Crippen molar-refractivity contribution in [3.05, 3.63) is 101 Å². The molecule has 0 saturated heterocycles. The van der Waals surface area contributed by atoms with Crippen LogP contribution in [0.1, 0.15) is 41.8 Å². The molecule has 5 nitrogen and oxygen atoms in total. The highest BCUT2D eigenvalue weighted by molar-refractivity contribution is 5.91. The van der Waals surface area contributed by atoms with E-state index in [4.69, 9.17) is 9.72 Å². The van der Waals surface area contributed by atoms with Crippen molar-refractivity contribution in [1.82, 2.24) is 14.9 Å². The second kappa shape index (κ2) is 12.7. The molecule has 1 aromatic heterocycles. The van der Waals surface area contributed by atoms with Crippen LogP contribution in [0.5, 0.6) is 5.75 Å². The van der Waals surface area contributed by atoms with Gasteiger partial charge in [-0.3, -0.25) is 4.79 Å². The Bertz CT molecular complexity index is 1290. The SMILES string of the molecule is Cc1cc(C)cc(OCCn2c(CCCCCNC(=O)/C=C/c3ccccc3)nc3ccccc32)c1. The number of rotatable bonds is 12. The molecule has 0 saturated carbocycles. The van der Waals surface area contributed by atoms with Gasteiger partial charge in [0.15, 0.2) is 0 Å². The van der Waals surface area contributed by atoms with Crippen molar-refractivity contribution in [2.45, 2.75) is 46.1 Å². The van der Waals surface area contributed by atoms with E-state index in [0.29, 0.717) is 13.2 Å².